The first-order chi connectivity index (χ1) is 15.6. The van der Waals surface area contributed by atoms with Crippen LogP contribution in [0.15, 0.2) is 48.9 Å². The van der Waals surface area contributed by atoms with Crippen molar-refractivity contribution in [1.29, 1.82) is 5.26 Å². The maximum atomic E-state index is 14.0. The summed E-state index contributed by atoms with van der Waals surface area (Å²) in [5, 5.41) is 9.26. The predicted molar refractivity (Wildman–Crippen MR) is 114 cm³/mol. The normalized spacial score (nSPS) is 15.5. The van der Waals surface area contributed by atoms with Gasteiger partial charge in [-0.3, -0.25) is 4.57 Å². The summed E-state index contributed by atoms with van der Waals surface area (Å²) >= 11 is 0. The predicted octanol–water partition coefficient (Wildman–Crippen LogP) is 3.86. The lowest BCUT2D eigenvalue weighted by Gasteiger charge is -2.28. The third kappa shape index (κ3) is 2.73. The van der Waals surface area contributed by atoms with E-state index in [0.717, 1.165) is 22.4 Å². The molecule has 3 aromatic heterocycles. The van der Waals surface area contributed by atoms with E-state index in [1.165, 1.54) is 12.1 Å². The molecule has 0 fully saturated rings. The molecule has 1 atom stereocenters. The van der Waals surface area contributed by atoms with E-state index in [4.69, 9.17) is 9.72 Å². The number of benzene rings is 2. The van der Waals surface area contributed by atoms with E-state index in [1.54, 1.807) is 41.4 Å². The zero-order valence-electron chi connectivity index (χ0n) is 17.0. The van der Waals surface area contributed by atoms with Crippen LogP contribution in [0.1, 0.15) is 29.4 Å². The summed E-state index contributed by atoms with van der Waals surface area (Å²) in [6, 6.07) is 11.8. The Bertz CT molecular complexity index is 1560. The number of rotatable bonds is 2. The zero-order chi connectivity index (χ0) is 21.8. The van der Waals surface area contributed by atoms with Crippen molar-refractivity contribution in [3.8, 4) is 17.8 Å². The van der Waals surface area contributed by atoms with Crippen molar-refractivity contribution in [3.63, 3.8) is 0 Å². The largest absolute Gasteiger partial charge is 0.493 e. The SMILES string of the molecule is Cc1nc2cnc(-n3cnc4ccc(C#N)cc43)nc2n1C1CCOc2ccc(F)cc21. The molecule has 0 amide bonds. The van der Waals surface area contributed by atoms with Crippen LogP contribution >= 0.6 is 0 Å². The van der Waals surface area contributed by atoms with Crippen LogP contribution in [0.3, 0.4) is 0 Å². The van der Waals surface area contributed by atoms with Crippen LogP contribution in [0, 0.1) is 24.1 Å². The number of imidazole rings is 2. The van der Waals surface area contributed by atoms with Gasteiger partial charge in [0.15, 0.2) is 5.65 Å². The molecule has 0 N–H and O–H groups in total. The van der Waals surface area contributed by atoms with Crippen molar-refractivity contribution in [1.82, 2.24) is 29.1 Å². The maximum Gasteiger partial charge on any atom is 0.237 e. The maximum absolute atomic E-state index is 14.0. The lowest BCUT2D eigenvalue weighted by Crippen LogP contribution is -2.21. The highest BCUT2D eigenvalue weighted by molar-refractivity contribution is 5.79. The fourth-order valence-corrected chi connectivity index (χ4v) is 4.34. The van der Waals surface area contributed by atoms with Gasteiger partial charge in [-0.15, -0.1) is 0 Å². The molecule has 32 heavy (non-hydrogen) atoms. The number of hydrogen-bond acceptors (Lipinski definition) is 6. The minimum Gasteiger partial charge on any atom is -0.493 e. The van der Waals surface area contributed by atoms with Gasteiger partial charge < -0.3 is 9.30 Å². The number of fused-ring (bicyclic) bond motifs is 3. The molecular weight excluding hydrogens is 409 g/mol. The first-order valence-electron chi connectivity index (χ1n) is 10.1. The van der Waals surface area contributed by atoms with Crippen LogP contribution in [0.4, 0.5) is 4.39 Å². The molecule has 0 radical (unpaired) electrons. The number of hydrogen-bond donors (Lipinski definition) is 0. The zero-order valence-corrected chi connectivity index (χ0v) is 17.0. The molecule has 0 saturated carbocycles. The minimum absolute atomic E-state index is 0.160. The first-order valence-corrected chi connectivity index (χ1v) is 10.1. The molecule has 6 rings (SSSR count). The number of nitriles is 1. The molecule has 1 aliphatic heterocycles. The quantitative estimate of drug-likeness (QED) is 0.426. The van der Waals surface area contributed by atoms with E-state index in [2.05, 4.69) is 21.0 Å². The molecule has 156 valence electrons. The molecule has 1 aliphatic rings. The molecule has 0 saturated heterocycles. The summed E-state index contributed by atoms with van der Waals surface area (Å²) in [5.74, 6) is 1.54. The first kappa shape index (κ1) is 18.4. The van der Waals surface area contributed by atoms with E-state index in [1.807, 2.05) is 11.5 Å². The van der Waals surface area contributed by atoms with Gasteiger partial charge in [-0.2, -0.15) is 10.2 Å². The Morgan fingerprint density at radius 2 is 2.03 bits per heavy atom. The standard InChI is InChI=1S/C23H16FN7O/c1-13-28-18-11-26-23(30-12-27-17-4-2-14(10-25)8-20(17)30)29-22(18)31(13)19-6-7-32-21-5-3-15(24)9-16(19)21/h2-5,8-9,11-12,19H,6-7H2,1H3. The second-order valence-corrected chi connectivity index (χ2v) is 7.67. The molecule has 0 spiro atoms. The lowest BCUT2D eigenvalue weighted by atomic mass is 10.00. The smallest absolute Gasteiger partial charge is 0.237 e. The highest BCUT2D eigenvalue weighted by Crippen LogP contribution is 2.37. The van der Waals surface area contributed by atoms with Crippen LogP contribution in [0.5, 0.6) is 5.75 Å². The van der Waals surface area contributed by atoms with Gasteiger partial charge in [0, 0.05) is 12.0 Å². The molecular formula is C23H16FN7O. The molecule has 5 aromatic rings. The van der Waals surface area contributed by atoms with Gasteiger partial charge >= 0.3 is 0 Å². The van der Waals surface area contributed by atoms with Crippen LogP contribution in [0.2, 0.25) is 0 Å². The minimum atomic E-state index is -0.310. The van der Waals surface area contributed by atoms with Gasteiger partial charge in [0.1, 0.15) is 29.2 Å². The fraction of sp³-hybridized carbons (Fsp3) is 0.174. The van der Waals surface area contributed by atoms with Gasteiger partial charge in [-0.1, -0.05) is 0 Å². The van der Waals surface area contributed by atoms with Gasteiger partial charge in [0.25, 0.3) is 0 Å². The number of aromatic nitrogens is 6. The number of nitrogens with zero attached hydrogens (tertiary/aromatic N) is 7. The second kappa shape index (κ2) is 6.85. The summed E-state index contributed by atoms with van der Waals surface area (Å²) in [4.78, 5) is 18.3. The molecule has 8 nitrogen and oxygen atoms in total. The topological polar surface area (TPSA) is 94.4 Å². The van der Waals surface area contributed by atoms with Gasteiger partial charge in [-0.05, 0) is 43.3 Å². The van der Waals surface area contributed by atoms with Crippen molar-refractivity contribution in [2.75, 3.05) is 6.61 Å². The Kier molecular flexibility index (Phi) is 3.95. The number of halogens is 1. The fourth-order valence-electron chi connectivity index (χ4n) is 4.34. The van der Waals surface area contributed by atoms with Crippen LogP contribution < -0.4 is 4.74 Å². The molecule has 1 unspecified atom stereocenters. The van der Waals surface area contributed by atoms with Gasteiger partial charge in [-0.25, -0.2) is 19.3 Å². The molecule has 0 bridgehead atoms. The third-order valence-corrected chi connectivity index (χ3v) is 5.78. The molecule has 4 heterocycles. The van der Waals surface area contributed by atoms with Gasteiger partial charge in [0.05, 0.1) is 41.5 Å². The van der Waals surface area contributed by atoms with E-state index < -0.39 is 0 Å². The van der Waals surface area contributed by atoms with E-state index in [-0.39, 0.29) is 11.9 Å². The summed E-state index contributed by atoms with van der Waals surface area (Å²) in [6.07, 6.45) is 3.98. The van der Waals surface area contributed by atoms with Crippen LogP contribution in [0.25, 0.3) is 28.1 Å². The van der Waals surface area contributed by atoms with E-state index in [9.17, 15) is 9.65 Å². The molecule has 2 aromatic carbocycles. The summed E-state index contributed by atoms with van der Waals surface area (Å²) in [6.45, 7) is 2.42. The van der Waals surface area contributed by atoms with Crippen molar-refractivity contribution in [2.45, 2.75) is 19.4 Å². The van der Waals surface area contributed by atoms with Crippen LogP contribution in [-0.2, 0) is 0 Å². The molecule has 0 aliphatic carbocycles. The van der Waals surface area contributed by atoms with Gasteiger partial charge in [0.2, 0.25) is 5.95 Å². The highest BCUT2D eigenvalue weighted by Gasteiger charge is 2.27. The Morgan fingerprint density at radius 1 is 1.12 bits per heavy atom. The number of aryl methyl sites for hydroxylation is 1. The highest BCUT2D eigenvalue weighted by atomic mass is 19.1. The van der Waals surface area contributed by atoms with Crippen LogP contribution in [-0.4, -0.2) is 35.7 Å². The van der Waals surface area contributed by atoms with Crippen molar-refractivity contribution in [3.05, 3.63) is 71.7 Å². The van der Waals surface area contributed by atoms with Crippen molar-refractivity contribution < 1.29 is 9.13 Å². The lowest BCUT2D eigenvalue weighted by molar-refractivity contribution is 0.256. The Balaban J connectivity index is 1.55. The molecule has 9 heteroatoms. The Hall–Kier alpha value is -4.32. The second-order valence-electron chi connectivity index (χ2n) is 7.67. The average molecular weight is 425 g/mol. The summed E-state index contributed by atoms with van der Waals surface area (Å²) in [5.41, 5.74) is 4.08. The summed E-state index contributed by atoms with van der Waals surface area (Å²) in [7, 11) is 0. The number of ether oxygens (including phenoxy) is 1. The summed E-state index contributed by atoms with van der Waals surface area (Å²) < 4.78 is 23.5. The van der Waals surface area contributed by atoms with E-state index >= 15 is 0 Å². The van der Waals surface area contributed by atoms with Crippen molar-refractivity contribution in [2.24, 2.45) is 0 Å². The third-order valence-electron chi connectivity index (χ3n) is 5.78. The van der Waals surface area contributed by atoms with Crippen molar-refractivity contribution >= 4 is 22.2 Å². The average Bonchev–Trinajstić information content (AvgIpc) is 3.37. The Morgan fingerprint density at radius 3 is 2.91 bits per heavy atom. The van der Waals surface area contributed by atoms with E-state index in [0.29, 0.717) is 41.5 Å². The monoisotopic (exact) mass is 425 g/mol. The Labute approximate surface area is 181 Å².